The maximum absolute atomic E-state index is 12.0. The molecule has 1 atom stereocenters. The number of nitrogens with one attached hydrogen (secondary N) is 1. The van der Waals surface area contributed by atoms with Crippen LogP contribution in [0.3, 0.4) is 0 Å². The fourth-order valence-corrected chi connectivity index (χ4v) is 4.88. The van der Waals surface area contributed by atoms with E-state index in [0.29, 0.717) is 25.6 Å². The Kier molecular flexibility index (Phi) is 8.40. The lowest BCUT2D eigenvalue weighted by atomic mass is 10.1. The number of aliphatic imine (C=N–C) groups is 1. The summed E-state index contributed by atoms with van der Waals surface area (Å²) in [5, 5.41) is 3.54. The topological polar surface area (TPSA) is 66.4 Å². The number of piperidine rings is 1. The minimum Gasteiger partial charge on any atom is -0.376 e. The van der Waals surface area contributed by atoms with E-state index in [1.54, 1.807) is 0 Å². The zero-order valence-electron chi connectivity index (χ0n) is 19.4. The van der Waals surface area contributed by atoms with Crippen molar-refractivity contribution >= 4 is 11.9 Å². The smallest absolute Gasteiger partial charge is 0.222 e. The summed E-state index contributed by atoms with van der Waals surface area (Å²) in [5.41, 5.74) is 2.43. The van der Waals surface area contributed by atoms with Crippen LogP contribution in [0.25, 0.3) is 0 Å². The Labute approximate surface area is 192 Å². The predicted molar refractivity (Wildman–Crippen MR) is 125 cm³/mol. The highest BCUT2D eigenvalue weighted by molar-refractivity contribution is 5.80. The summed E-state index contributed by atoms with van der Waals surface area (Å²) in [4.78, 5) is 20.9. The number of carbonyl (C=O) groups is 1. The van der Waals surface area contributed by atoms with Crippen molar-refractivity contribution in [1.29, 1.82) is 0 Å². The number of hydrogen-bond donors (Lipinski definition) is 1. The lowest BCUT2D eigenvalue weighted by molar-refractivity contribution is -0.128. The maximum atomic E-state index is 12.0. The number of likely N-dealkylation sites (tertiary alicyclic amines) is 2. The number of rotatable bonds is 7. The Hall–Kier alpha value is -2.12. The second-order valence-electron chi connectivity index (χ2n) is 9.10. The summed E-state index contributed by atoms with van der Waals surface area (Å²) in [6.07, 6.45) is 7.85. The number of ether oxygens (including phenoxy) is 2. The first-order chi connectivity index (χ1) is 15.7. The van der Waals surface area contributed by atoms with Gasteiger partial charge in [-0.2, -0.15) is 0 Å². The molecular weight excluding hydrogens is 404 g/mol. The molecule has 0 aromatic heterocycles. The van der Waals surface area contributed by atoms with Crippen LogP contribution in [0.2, 0.25) is 0 Å². The molecule has 0 radical (unpaired) electrons. The molecule has 3 saturated heterocycles. The third-order valence-electron chi connectivity index (χ3n) is 6.83. The van der Waals surface area contributed by atoms with Crippen molar-refractivity contribution in [2.75, 3.05) is 39.9 Å². The molecule has 176 valence electrons. The first-order valence-corrected chi connectivity index (χ1v) is 12.3. The molecule has 7 heteroatoms. The summed E-state index contributed by atoms with van der Waals surface area (Å²) in [6.45, 7) is 5.77. The maximum Gasteiger partial charge on any atom is 0.222 e. The van der Waals surface area contributed by atoms with Crippen molar-refractivity contribution < 1.29 is 14.3 Å². The number of carbonyl (C=O) groups excluding carboxylic acids is 1. The van der Waals surface area contributed by atoms with E-state index in [2.05, 4.69) is 39.5 Å². The van der Waals surface area contributed by atoms with E-state index in [-0.39, 0.29) is 12.0 Å². The summed E-state index contributed by atoms with van der Waals surface area (Å²) in [7, 11) is 1.85. The zero-order valence-corrected chi connectivity index (χ0v) is 19.4. The van der Waals surface area contributed by atoms with Crippen molar-refractivity contribution in [2.24, 2.45) is 4.99 Å². The van der Waals surface area contributed by atoms with Crippen molar-refractivity contribution in [2.45, 2.75) is 70.2 Å². The van der Waals surface area contributed by atoms with Crippen LogP contribution in [0.4, 0.5) is 0 Å². The van der Waals surface area contributed by atoms with Gasteiger partial charge in [-0.05, 0) is 49.7 Å². The molecule has 7 nitrogen and oxygen atoms in total. The minimum atomic E-state index is 0.267. The highest BCUT2D eigenvalue weighted by Gasteiger charge is 2.24. The van der Waals surface area contributed by atoms with Crippen LogP contribution in [0.1, 0.15) is 56.1 Å². The van der Waals surface area contributed by atoms with Gasteiger partial charge in [0.05, 0.1) is 18.8 Å². The van der Waals surface area contributed by atoms with Gasteiger partial charge in [-0.3, -0.25) is 9.79 Å². The molecule has 1 aromatic rings. The average Bonchev–Trinajstić information content (AvgIpc) is 3.24. The largest absolute Gasteiger partial charge is 0.376 e. The van der Waals surface area contributed by atoms with Crippen LogP contribution in [-0.4, -0.2) is 73.8 Å². The van der Waals surface area contributed by atoms with Crippen LogP contribution in [0.5, 0.6) is 0 Å². The van der Waals surface area contributed by atoms with Gasteiger partial charge < -0.3 is 24.6 Å². The molecule has 3 aliphatic heterocycles. The summed E-state index contributed by atoms with van der Waals surface area (Å²) >= 11 is 0. The molecule has 0 aliphatic carbocycles. The van der Waals surface area contributed by atoms with E-state index in [1.165, 1.54) is 24.0 Å². The molecule has 1 aromatic carbocycles. The molecule has 0 spiro atoms. The number of amides is 1. The van der Waals surface area contributed by atoms with Crippen LogP contribution in [-0.2, 0) is 27.4 Å². The van der Waals surface area contributed by atoms with E-state index in [0.717, 1.165) is 64.5 Å². The molecule has 1 unspecified atom stereocenters. The lowest BCUT2D eigenvalue weighted by Crippen LogP contribution is -2.47. The minimum absolute atomic E-state index is 0.267. The number of nitrogens with zero attached hydrogens (tertiary/aromatic N) is 3. The van der Waals surface area contributed by atoms with Gasteiger partial charge in [0.2, 0.25) is 5.91 Å². The Morgan fingerprint density at radius 2 is 1.94 bits per heavy atom. The first kappa shape index (κ1) is 23.1. The third kappa shape index (κ3) is 6.23. The van der Waals surface area contributed by atoms with Crippen LogP contribution < -0.4 is 5.32 Å². The molecule has 32 heavy (non-hydrogen) atoms. The van der Waals surface area contributed by atoms with Crippen molar-refractivity contribution in [3.05, 3.63) is 35.4 Å². The van der Waals surface area contributed by atoms with Crippen LogP contribution in [0.15, 0.2) is 29.3 Å². The quantitative estimate of drug-likeness (QED) is 0.520. The van der Waals surface area contributed by atoms with Gasteiger partial charge in [-0.15, -0.1) is 0 Å². The summed E-state index contributed by atoms with van der Waals surface area (Å²) in [6, 6.07) is 8.39. The summed E-state index contributed by atoms with van der Waals surface area (Å²) in [5.74, 6) is 1.20. The van der Waals surface area contributed by atoms with Crippen LogP contribution >= 0.6 is 0 Å². The molecular formula is C25H38N4O3. The SMILES string of the molecule is CN=C(NCc1ccccc1CN1CCCC1=O)N1CCC(OCC2CCCCO2)CC1. The van der Waals surface area contributed by atoms with E-state index in [4.69, 9.17) is 9.47 Å². The monoisotopic (exact) mass is 442 g/mol. The van der Waals surface area contributed by atoms with Gasteiger partial charge in [0.25, 0.3) is 0 Å². The van der Waals surface area contributed by atoms with E-state index < -0.39 is 0 Å². The highest BCUT2D eigenvalue weighted by Crippen LogP contribution is 2.19. The predicted octanol–water partition coefficient (Wildman–Crippen LogP) is 2.93. The lowest BCUT2D eigenvalue weighted by Gasteiger charge is -2.35. The van der Waals surface area contributed by atoms with Crippen molar-refractivity contribution in [3.63, 3.8) is 0 Å². The normalized spacial score (nSPS) is 23.1. The van der Waals surface area contributed by atoms with Gasteiger partial charge in [0, 0.05) is 52.8 Å². The molecule has 3 aliphatic rings. The van der Waals surface area contributed by atoms with Gasteiger partial charge in [-0.1, -0.05) is 24.3 Å². The van der Waals surface area contributed by atoms with Crippen molar-refractivity contribution in [1.82, 2.24) is 15.1 Å². The molecule has 3 heterocycles. The first-order valence-electron chi connectivity index (χ1n) is 12.3. The fraction of sp³-hybridized carbons (Fsp3) is 0.680. The Morgan fingerprint density at radius 3 is 2.62 bits per heavy atom. The molecule has 1 amide bonds. The third-order valence-corrected chi connectivity index (χ3v) is 6.83. The molecule has 1 N–H and O–H groups in total. The molecule has 3 fully saturated rings. The van der Waals surface area contributed by atoms with Crippen molar-refractivity contribution in [3.8, 4) is 0 Å². The standard InChI is InChI=1S/C25H38N4O3/c1-26-25(28-14-11-22(12-15-28)32-19-23-9-4-5-16-31-23)27-17-20-7-2-3-8-21(20)18-29-13-6-10-24(29)30/h2-3,7-8,22-23H,4-6,9-19H2,1H3,(H,26,27). The van der Waals surface area contributed by atoms with Gasteiger partial charge in [0.15, 0.2) is 5.96 Å². The van der Waals surface area contributed by atoms with E-state index >= 15 is 0 Å². The molecule has 4 rings (SSSR count). The van der Waals surface area contributed by atoms with E-state index in [9.17, 15) is 4.79 Å². The van der Waals surface area contributed by atoms with Gasteiger partial charge >= 0.3 is 0 Å². The number of guanidine groups is 1. The average molecular weight is 443 g/mol. The zero-order chi connectivity index (χ0) is 22.2. The Balaban J connectivity index is 1.24. The Morgan fingerprint density at radius 1 is 1.12 bits per heavy atom. The molecule has 0 saturated carbocycles. The summed E-state index contributed by atoms with van der Waals surface area (Å²) < 4.78 is 11.9. The Bertz CT molecular complexity index is 770. The second kappa shape index (κ2) is 11.7. The van der Waals surface area contributed by atoms with E-state index in [1.807, 2.05) is 11.9 Å². The van der Waals surface area contributed by atoms with Crippen LogP contribution in [0, 0.1) is 0 Å². The van der Waals surface area contributed by atoms with Gasteiger partial charge in [-0.25, -0.2) is 0 Å². The fourth-order valence-electron chi connectivity index (χ4n) is 4.88. The molecule has 0 bridgehead atoms. The van der Waals surface area contributed by atoms with Gasteiger partial charge in [0.1, 0.15) is 0 Å². The highest BCUT2D eigenvalue weighted by atomic mass is 16.5. The number of hydrogen-bond acceptors (Lipinski definition) is 4. The number of benzene rings is 1. The second-order valence-corrected chi connectivity index (χ2v) is 9.10.